The summed E-state index contributed by atoms with van der Waals surface area (Å²) in [6.07, 6.45) is 5.23. The van der Waals surface area contributed by atoms with Crippen molar-refractivity contribution in [3.05, 3.63) is 24.0 Å². The molecule has 1 aromatic heterocycles. The minimum atomic E-state index is -0.990. The van der Waals surface area contributed by atoms with Crippen LogP contribution < -0.4 is 5.32 Å². The number of hydrogen-bond acceptors (Lipinski definition) is 4. The van der Waals surface area contributed by atoms with Crippen molar-refractivity contribution in [1.82, 2.24) is 9.88 Å². The van der Waals surface area contributed by atoms with Gasteiger partial charge in [-0.3, -0.25) is 0 Å². The molecule has 0 atom stereocenters. The molecule has 1 fully saturated rings. The number of rotatable bonds is 6. The van der Waals surface area contributed by atoms with Crippen LogP contribution in [0, 0.1) is 0 Å². The quantitative estimate of drug-likeness (QED) is 0.751. The van der Waals surface area contributed by atoms with Crippen molar-refractivity contribution in [2.45, 2.75) is 19.3 Å². The highest BCUT2D eigenvalue weighted by Gasteiger charge is 2.10. The number of aromatic carboxylic acids is 1. The molecule has 1 aromatic rings. The molecule has 0 aromatic carbocycles. The minimum Gasteiger partial charge on any atom is -0.477 e. The lowest BCUT2D eigenvalue weighted by Crippen LogP contribution is -2.22. The maximum absolute atomic E-state index is 10.8. The number of pyridine rings is 1. The zero-order valence-corrected chi connectivity index (χ0v) is 10.4. The van der Waals surface area contributed by atoms with Crippen LogP contribution in [-0.2, 0) is 0 Å². The van der Waals surface area contributed by atoms with E-state index < -0.39 is 5.97 Å². The number of carboxylic acid groups (broad SMARTS) is 1. The van der Waals surface area contributed by atoms with Crippen molar-refractivity contribution in [2.75, 3.05) is 31.5 Å². The van der Waals surface area contributed by atoms with Gasteiger partial charge in [0.2, 0.25) is 0 Å². The fourth-order valence-electron chi connectivity index (χ4n) is 2.20. The fraction of sp³-hybridized carbons (Fsp3) is 0.538. The summed E-state index contributed by atoms with van der Waals surface area (Å²) in [4.78, 5) is 17.0. The summed E-state index contributed by atoms with van der Waals surface area (Å²) < 4.78 is 0. The van der Waals surface area contributed by atoms with Crippen LogP contribution in [0.2, 0.25) is 0 Å². The van der Waals surface area contributed by atoms with Crippen molar-refractivity contribution < 1.29 is 9.90 Å². The molecule has 1 aliphatic heterocycles. The summed E-state index contributed by atoms with van der Waals surface area (Å²) in [6, 6.07) is 3.36. The Morgan fingerprint density at radius 2 is 2.22 bits per heavy atom. The molecule has 5 heteroatoms. The maximum Gasteiger partial charge on any atom is 0.354 e. The summed E-state index contributed by atoms with van der Waals surface area (Å²) in [5, 5.41) is 12.1. The van der Waals surface area contributed by atoms with E-state index in [1.165, 1.54) is 32.1 Å². The monoisotopic (exact) mass is 249 g/mol. The maximum atomic E-state index is 10.8. The number of hydrogen-bond donors (Lipinski definition) is 2. The smallest absolute Gasteiger partial charge is 0.354 e. The number of carboxylic acids is 1. The number of likely N-dealkylation sites (tertiary alicyclic amines) is 1. The molecule has 5 nitrogen and oxygen atoms in total. The summed E-state index contributed by atoms with van der Waals surface area (Å²) in [6.45, 7) is 4.42. The molecule has 98 valence electrons. The molecule has 0 bridgehead atoms. The Morgan fingerprint density at radius 1 is 1.44 bits per heavy atom. The summed E-state index contributed by atoms with van der Waals surface area (Å²) >= 11 is 0. The van der Waals surface area contributed by atoms with Gasteiger partial charge in [-0.05, 0) is 51.0 Å². The third kappa shape index (κ3) is 3.70. The van der Waals surface area contributed by atoms with E-state index in [-0.39, 0.29) is 5.69 Å². The second-order valence-electron chi connectivity index (χ2n) is 4.56. The Morgan fingerprint density at radius 3 is 2.94 bits per heavy atom. The number of nitrogens with zero attached hydrogens (tertiary/aromatic N) is 2. The molecule has 0 saturated carbocycles. The van der Waals surface area contributed by atoms with Crippen molar-refractivity contribution >= 4 is 11.7 Å². The van der Waals surface area contributed by atoms with Gasteiger partial charge in [-0.2, -0.15) is 0 Å². The lowest BCUT2D eigenvalue weighted by Gasteiger charge is -2.14. The Bertz CT molecular complexity index is 403. The average Bonchev–Trinajstić information content (AvgIpc) is 2.88. The van der Waals surface area contributed by atoms with Gasteiger partial charge in [0.15, 0.2) is 0 Å². The van der Waals surface area contributed by atoms with Gasteiger partial charge in [-0.25, -0.2) is 9.78 Å². The largest absolute Gasteiger partial charge is 0.477 e. The first-order valence-corrected chi connectivity index (χ1v) is 6.41. The lowest BCUT2D eigenvalue weighted by molar-refractivity contribution is 0.0690. The topological polar surface area (TPSA) is 65.5 Å². The van der Waals surface area contributed by atoms with Gasteiger partial charge in [0.25, 0.3) is 0 Å². The van der Waals surface area contributed by atoms with E-state index in [1.54, 1.807) is 12.1 Å². The normalized spacial score (nSPS) is 15.8. The Balaban J connectivity index is 1.72. The van der Waals surface area contributed by atoms with E-state index >= 15 is 0 Å². The first-order valence-electron chi connectivity index (χ1n) is 6.41. The zero-order valence-electron chi connectivity index (χ0n) is 10.4. The van der Waals surface area contributed by atoms with Crippen LogP contribution in [-0.4, -0.2) is 47.1 Å². The van der Waals surface area contributed by atoms with Crippen LogP contribution in [0.3, 0.4) is 0 Å². The second kappa shape index (κ2) is 6.35. The number of carbonyl (C=O) groups is 1. The van der Waals surface area contributed by atoms with E-state index in [2.05, 4.69) is 15.2 Å². The first kappa shape index (κ1) is 12.8. The molecule has 0 aliphatic carbocycles. The lowest BCUT2D eigenvalue weighted by atomic mass is 10.3. The Labute approximate surface area is 107 Å². The third-order valence-corrected chi connectivity index (χ3v) is 3.16. The molecule has 18 heavy (non-hydrogen) atoms. The van der Waals surface area contributed by atoms with Crippen LogP contribution in [0.5, 0.6) is 0 Å². The zero-order chi connectivity index (χ0) is 12.8. The van der Waals surface area contributed by atoms with E-state index in [4.69, 9.17) is 5.11 Å². The summed E-state index contributed by atoms with van der Waals surface area (Å²) in [5.74, 6) is -0.990. The molecule has 1 aliphatic rings. The molecule has 1 saturated heterocycles. The van der Waals surface area contributed by atoms with Crippen LogP contribution in [0.4, 0.5) is 5.69 Å². The first-order chi connectivity index (χ1) is 8.75. The van der Waals surface area contributed by atoms with Gasteiger partial charge < -0.3 is 15.3 Å². The van der Waals surface area contributed by atoms with Gasteiger partial charge in [-0.15, -0.1) is 0 Å². The molecule has 2 rings (SSSR count). The van der Waals surface area contributed by atoms with Crippen LogP contribution in [0.25, 0.3) is 0 Å². The predicted octanol–water partition coefficient (Wildman–Crippen LogP) is 1.68. The average molecular weight is 249 g/mol. The summed E-state index contributed by atoms with van der Waals surface area (Å²) in [7, 11) is 0. The van der Waals surface area contributed by atoms with Crippen molar-refractivity contribution in [1.29, 1.82) is 0 Å². The van der Waals surface area contributed by atoms with Gasteiger partial charge in [0.1, 0.15) is 5.69 Å². The highest BCUT2D eigenvalue weighted by atomic mass is 16.4. The second-order valence-corrected chi connectivity index (χ2v) is 4.56. The van der Waals surface area contributed by atoms with Gasteiger partial charge in [0.05, 0.1) is 0 Å². The van der Waals surface area contributed by atoms with Crippen molar-refractivity contribution in [3.8, 4) is 0 Å². The highest BCUT2D eigenvalue weighted by molar-refractivity contribution is 5.86. The third-order valence-electron chi connectivity index (χ3n) is 3.16. The Kier molecular flexibility index (Phi) is 4.52. The minimum absolute atomic E-state index is 0.0829. The van der Waals surface area contributed by atoms with E-state index in [0.29, 0.717) is 0 Å². The van der Waals surface area contributed by atoms with E-state index in [1.807, 2.05) is 0 Å². The Hall–Kier alpha value is -1.62. The van der Waals surface area contributed by atoms with Gasteiger partial charge in [-0.1, -0.05) is 0 Å². The molecule has 0 amide bonds. The molecule has 0 radical (unpaired) electrons. The fourth-order valence-corrected chi connectivity index (χ4v) is 2.20. The van der Waals surface area contributed by atoms with Crippen LogP contribution in [0.15, 0.2) is 18.3 Å². The molecule has 0 spiro atoms. The van der Waals surface area contributed by atoms with E-state index in [0.717, 1.165) is 25.2 Å². The molecular weight excluding hydrogens is 230 g/mol. The standard InChI is InChI=1S/C13H19N3O2/c17-13(18)12-10-11(4-6-15-12)14-5-3-9-16-7-1-2-8-16/h4,6,10H,1-3,5,7-9H2,(H,14,15)(H,17,18). The SMILES string of the molecule is O=C(O)c1cc(NCCCN2CCCC2)ccn1. The number of nitrogens with one attached hydrogen (secondary N) is 1. The van der Waals surface area contributed by atoms with Gasteiger partial charge in [0, 0.05) is 18.4 Å². The number of anilines is 1. The van der Waals surface area contributed by atoms with Crippen molar-refractivity contribution in [3.63, 3.8) is 0 Å². The van der Waals surface area contributed by atoms with Crippen LogP contribution in [0.1, 0.15) is 29.8 Å². The molecular formula is C13H19N3O2. The number of aromatic nitrogens is 1. The highest BCUT2D eigenvalue weighted by Crippen LogP contribution is 2.09. The predicted molar refractivity (Wildman–Crippen MR) is 70.0 cm³/mol. The van der Waals surface area contributed by atoms with E-state index in [9.17, 15) is 4.79 Å². The van der Waals surface area contributed by atoms with Crippen molar-refractivity contribution in [2.24, 2.45) is 0 Å². The van der Waals surface area contributed by atoms with Crippen LogP contribution >= 0.6 is 0 Å². The molecule has 2 heterocycles. The molecule has 0 unspecified atom stereocenters. The summed E-state index contributed by atoms with van der Waals surface area (Å²) in [5.41, 5.74) is 0.906. The molecule has 2 N–H and O–H groups in total. The van der Waals surface area contributed by atoms with Gasteiger partial charge >= 0.3 is 5.97 Å².